The first-order chi connectivity index (χ1) is 10.1. The van der Waals surface area contributed by atoms with Crippen LogP contribution in [0.2, 0.25) is 0 Å². The van der Waals surface area contributed by atoms with Crippen LogP contribution in [-0.2, 0) is 4.84 Å². The standard InChI is InChI=1S/C13H7N3O5/c17-10-5-9(14-6-15-10)13(20)21-16-11(18)7-3-1-2-4-8(7)12(16)19/h1-6H,(H,14,15,17). The molecule has 8 nitrogen and oxygen atoms in total. The highest BCUT2D eigenvalue weighted by Crippen LogP contribution is 2.22. The average molecular weight is 285 g/mol. The SMILES string of the molecule is O=C(ON1C(=O)c2ccccc2C1=O)c1cc(=O)[nH]cn1. The molecule has 3 rings (SSSR count). The van der Waals surface area contributed by atoms with Crippen LogP contribution in [0.15, 0.2) is 41.5 Å². The zero-order valence-corrected chi connectivity index (χ0v) is 10.4. The van der Waals surface area contributed by atoms with Gasteiger partial charge in [0.25, 0.3) is 17.4 Å². The van der Waals surface area contributed by atoms with Crippen molar-refractivity contribution in [2.45, 2.75) is 0 Å². The molecule has 104 valence electrons. The lowest BCUT2D eigenvalue weighted by Crippen LogP contribution is -2.33. The number of aromatic nitrogens is 2. The molecule has 0 bridgehead atoms. The number of amides is 2. The van der Waals surface area contributed by atoms with Gasteiger partial charge in [0.05, 0.1) is 17.5 Å². The number of carbonyl (C=O) groups excluding carboxylic acids is 3. The molecule has 0 atom stereocenters. The molecule has 8 heteroatoms. The van der Waals surface area contributed by atoms with E-state index in [-0.39, 0.29) is 16.8 Å². The summed E-state index contributed by atoms with van der Waals surface area (Å²) in [6, 6.07) is 6.99. The van der Waals surface area contributed by atoms with Crippen LogP contribution in [0.1, 0.15) is 31.2 Å². The third kappa shape index (κ3) is 2.08. The van der Waals surface area contributed by atoms with Crippen molar-refractivity contribution in [3.8, 4) is 0 Å². The summed E-state index contributed by atoms with van der Waals surface area (Å²) in [6.45, 7) is 0. The van der Waals surface area contributed by atoms with Crippen LogP contribution >= 0.6 is 0 Å². The second kappa shape index (κ2) is 4.67. The fraction of sp³-hybridized carbons (Fsp3) is 0. The molecule has 1 aliphatic rings. The summed E-state index contributed by atoms with van der Waals surface area (Å²) in [6.07, 6.45) is 1.02. The minimum Gasteiger partial charge on any atom is -0.323 e. The Morgan fingerprint density at radius 1 is 1.10 bits per heavy atom. The first-order valence-corrected chi connectivity index (χ1v) is 5.83. The van der Waals surface area contributed by atoms with Gasteiger partial charge in [0.15, 0.2) is 5.69 Å². The van der Waals surface area contributed by atoms with Gasteiger partial charge in [-0.2, -0.15) is 0 Å². The number of carbonyl (C=O) groups is 3. The zero-order valence-electron chi connectivity index (χ0n) is 10.4. The highest BCUT2D eigenvalue weighted by molar-refractivity contribution is 6.21. The summed E-state index contributed by atoms with van der Waals surface area (Å²) in [4.78, 5) is 57.4. The fourth-order valence-corrected chi connectivity index (χ4v) is 1.86. The lowest BCUT2D eigenvalue weighted by molar-refractivity contribution is -0.0588. The molecule has 0 fully saturated rings. The minimum atomic E-state index is -1.07. The third-order valence-electron chi connectivity index (χ3n) is 2.82. The van der Waals surface area contributed by atoms with Crippen molar-refractivity contribution in [3.05, 3.63) is 63.8 Å². The van der Waals surface area contributed by atoms with E-state index in [1.807, 2.05) is 0 Å². The second-order valence-corrected chi connectivity index (χ2v) is 4.13. The Labute approximate surface area is 116 Å². The molecule has 0 unspecified atom stereocenters. The number of hydrogen-bond acceptors (Lipinski definition) is 6. The Kier molecular flexibility index (Phi) is 2.83. The molecule has 0 aliphatic carbocycles. The highest BCUT2D eigenvalue weighted by Gasteiger charge is 2.38. The molecule has 0 radical (unpaired) electrons. The topological polar surface area (TPSA) is 109 Å². The number of benzene rings is 1. The van der Waals surface area contributed by atoms with E-state index in [9.17, 15) is 19.2 Å². The lowest BCUT2D eigenvalue weighted by Gasteiger charge is -2.11. The van der Waals surface area contributed by atoms with E-state index in [2.05, 4.69) is 9.97 Å². The Bertz CT molecular complexity index is 791. The van der Waals surface area contributed by atoms with Gasteiger partial charge in [-0.25, -0.2) is 9.78 Å². The van der Waals surface area contributed by atoms with Gasteiger partial charge in [0.2, 0.25) is 0 Å². The van der Waals surface area contributed by atoms with Gasteiger partial charge in [-0.1, -0.05) is 17.2 Å². The van der Waals surface area contributed by atoms with Crippen LogP contribution in [0.4, 0.5) is 0 Å². The maximum atomic E-state index is 12.0. The van der Waals surface area contributed by atoms with Crippen LogP contribution < -0.4 is 5.56 Å². The van der Waals surface area contributed by atoms with E-state index in [0.29, 0.717) is 5.06 Å². The second-order valence-electron chi connectivity index (χ2n) is 4.13. The van der Waals surface area contributed by atoms with E-state index >= 15 is 0 Å². The van der Waals surface area contributed by atoms with Gasteiger partial charge >= 0.3 is 5.97 Å². The highest BCUT2D eigenvalue weighted by atomic mass is 16.7. The Hall–Kier alpha value is -3.29. The van der Waals surface area contributed by atoms with E-state index in [0.717, 1.165) is 12.4 Å². The van der Waals surface area contributed by atoms with Crippen molar-refractivity contribution in [2.24, 2.45) is 0 Å². The maximum Gasteiger partial charge on any atom is 0.382 e. The van der Waals surface area contributed by atoms with Gasteiger partial charge in [0, 0.05) is 6.07 Å². The average Bonchev–Trinajstić information content (AvgIpc) is 2.73. The van der Waals surface area contributed by atoms with Crippen molar-refractivity contribution in [3.63, 3.8) is 0 Å². The first-order valence-electron chi connectivity index (χ1n) is 5.83. The predicted molar refractivity (Wildman–Crippen MR) is 67.2 cm³/mol. The number of rotatable bonds is 2. The Morgan fingerprint density at radius 2 is 1.71 bits per heavy atom. The molecule has 1 aliphatic heterocycles. The van der Waals surface area contributed by atoms with Crippen LogP contribution in [0.3, 0.4) is 0 Å². The maximum absolute atomic E-state index is 12.0. The summed E-state index contributed by atoms with van der Waals surface area (Å²) >= 11 is 0. The molecule has 1 aromatic carbocycles. The van der Waals surface area contributed by atoms with Crippen molar-refractivity contribution < 1.29 is 19.2 Å². The summed E-state index contributed by atoms with van der Waals surface area (Å²) in [7, 11) is 0. The molecule has 0 saturated carbocycles. The van der Waals surface area contributed by atoms with Crippen molar-refractivity contribution >= 4 is 17.8 Å². The van der Waals surface area contributed by atoms with E-state index < -0.39 is 23.3 Å². The normalized spacial score (nSPS) is 13.2. The molecule has 0 saturated heterocycles. The Balaban J connectivity index is 1.87. The molecular weight excluding hydrogens is 278 g/mol. The number of aromatic amines is 1. The molecular formula is C13H7N3O5. The van der Waals surface area contributed by atoms with Crippen LogP contribution in [-0.4, -0.2) is 32.8 Å². The monoisotopic (exact) mass is 285 g/mol. The molecule has 1 N–H and O–H groups in total. The molecule has 21 heavy (non-hydrogen) atoms. The van der Waals surface area contributed by atoms with E-state index in [1.54, 1.807) is 12.1 Å². The molecule has 2 amide bonds. The number of H-pyrrole nitrogens is 1. The number of hydrogen-bond donors (Lipinski definition) is 1. The van der Waals surface area contributed by atoms with Gasteiger partial charge in [-0.15, -0.1) is 0 Å². The van der Waals surface area contributed by atoms with Gasteiger partial charge in [0.1, 0.15) is 0 Å². The molecule has 2 aromatic rings. The number of hydroxylamine groups is 2. The van der Waals surface area contributed by atoms with Crippen molar-refractivity contribution in [1.29, 1.82) is 0 Å². The smallest absolute Gasteiger partial charge is 0.323 e. The molecule has 1 aromatic heterocycles. The van der Waals surface area contributed by atoms with E-state index in [1.165, 1.54) is 12.1 Å². The molecule has 2 heterocycles. The number of nitrogens with zero attached hydrogens (tertiary/aromatic N) is 2. The largest absolute Gasteiger partial charge is 0.382 e. The number of nitrogens with one attached hydrogen (secondary N) is 1. The van der Waals surface area contributed by atoms with Crippen molar-refractivity contribution in [2.75, 3.05) is 0 Å². The zero-order chi connectivity index (χ0) is 15.0. The third-order valence-corrected chi connectivity index (χ3v) is 2.82. The van der Waals surface area contributed by atoms with Gasteiger partial charge in [-0.3, -0.25) is 14.4 Å². The van der Waals surface area contributed by atoms with Crippen LogP contribution in [0.25, 0.3) is 0 Å². The predicted octanol–water partition coefficient (Wildman–Crippen LogP) is 0.138. The Morgan fingerprint density at radius 3 is 2.29 bits per heavy atom. The number of fused-ring (bicyclic) bond motifs is 1. The van der Waals surface area contributed by atoms with E-state index in [4.69, 9.17) is 4.84 Å². The fourth-order valence-electron chi connectivity index (χ4n) is 1.86. The lowest BCUT2D eigenvalue weighted by atomic mass is 10.1. The van der Waals surface area contributed by atoms with Gasteiger partial charge in [-0.05, 0) is 12.1 Å². The minimum absolute atomic E-state index is 0.147. The van der Waals surface area contributed by atoms with Gasteiger partial charge < -0.3 is 9.82 Å². The quantitative estimate of drug-likeness (QED) is 0.786. The van der Waals surface area contributed by atoms with Crippen LogP contribution in [0, 0.1) is 0 Å². The first kappa shape index (κ1) is 12.7. The summed E-state index contributed by atoms with van der Waals surface area (Å²) < 4.78 is 0. The van der Waals surface area contributed by atoms with Crippen molar-refractivity contribution in [1.82, 2.24) is 15.0 Å². The summed E-state index contributed by atoms with van der Waals surface area (Å²) in [5.74, 6) is -2.56. The summed E-state index contributed by atoms with van der Waals surface area (Å²) in [5, 5.41) is 0.357. The summed E-state index contributed by atoms with van der Waals surface area (Å²) in [5.41, 5.74) is -0.571. The number of imide groups is 1. The van der Waals surface area contributed by atoms with Crippen LogP contribution in [0.5, 0.6) is 0 Å². The molecule has 0 spiro atoms.